The van der Waals surface area contributed by atoms with E-state index in [4.69, 9.17) is 0 Å². The molecule has 0 aromatic rings. The second kappa shape index (κ2) is 7.62. The Morgan fingerprint density at radius 3 is 1.44 bits per heavy atom. The van der Waals surface area contributed by atoms with Gasteiger partial charge in [-0.15, -0.1) is 6.58 Å². The van der Waals surface area contributed by atoms with Crippen molar-refractivity contribution in [2.24, 2.45) is 0 Å². The average Bonchev–Trinajstić information content (AvgIpc) is 1.93. The Balaban J connectivity index is 0.000000187. The van der Waals surface area contributed by atoms with Gasteiger partial charge in [0, 0.05) is 20.0 Å². The highest BCUT2D eigenvalue weighted by Crippen LogP contribution is 1.56. The Hall–Kier alpha value is -0.380. The fourth-order valence-electron chi connectivity index (χ4n) is 0.453. The van der Waals surface area contributed by atoms with Gasteiger partial charge < -0.3 is 0 Å². The van der Waals surface area contributed by atoms with Crippen molar-refractivity contribution in [2.75, 3.05) is 20.0 Å². The van der Waals surface area contributed by atoms with Crippen LogP contribution in [0, 0.1) is 0 Å². The zero-order valence-electron chi connectivity index (χ0n) is 5.91. The summed E-state index contributed by atoms with van der Waals surface area (Å²) >= 11 is 0. The summed E-state index contributed by atoms with van der Waals surface area (Å²) in [6.45, 7) is 8.06. The van der Waals surface area contributed by atoms with Crippen LogP contribution in [0.25, 0.3) is 0 Å². The monoisotopic (exact) mass is 129 g/mol. The predicted molar refractivity (Wildman–Crippen MR) is 39.9 cm³/mol. The van der Waals surface area contributed by atoms with Gasteiger partial charge in [0.1, 0.15) is 0 Å². The second-order valence-electron chi connectivity index (χ2n) is 1.69. The van der Waals surface area contributed by atoms with E-state index in [1.54, 1.807) is 6.08 Å². The maximum absolute atomic E-state index is 3.36. The van der Waals surface area contributed by atoms with Crippen molar-refractivity contribution < 1.29 is 0 Å². The van der Waals surface area contributed by atoms with Crippen LogP contribution in [0.2, 0.25) is 0 Å². The fraction of sp³-hybridized carbons (Fsp3) is 0.667. The zero-order valence-corrected chi connectivity index (χ0v) is 5.91. The van der Waals surface area contributed by atoms with Crippen molar-refractivity contribution in [3.8, 4) is 0 Å². The normalized spacial score (nSPS) is 17.4. The lowest BCUT2D eigenvalue weighted by molar-refractivity contribution is 0.443. The van der Waals surface area contributed by atoms with Crippen LogP contribution in [-0.4, -0.2) is 20.0 Å². The minimum absolute atomic E-state index is 0.938. The first-order valence-corrected chi connectivity index (χ1v) is 3.11. The molecule has 0 saturated carbocycles. The van der Waals surface area contributed by atoms with Crippen LogP contribution in [-0.2, 0) is 0 Å². The molecule has 0 amide bonds. The van der Waals surface area contributed by atoms with Gasteiger partial charge in [-0.25, -0.2) is 0 Å². The van der Waals surface area contributed by atoms with Crippen LogP contribution in [0.4, 0.5) is 0 Å². The highest BCUT2D eigenvalue weighted by molar-refractivity contribution is 4.51. The number of allylic oxidation sites excluding steroid dienone is 1. The molecule has 0 bridgehead atoms. The lowest BCUT2D eigenvalue weighted by Gasteiger charge is -2.13. The summed E-state index contributed by atoms with van der Waals surface area (Å²) in [5, 5.41) is 9.19. The third-order valence-electron chi connectivity index (χ3n) is 0.750. The molecule has 3 N–H and O–H groups in total. The molecule has 0 radical (unpaired) electrons. The molecule has 0 aliphatic carbocycles. The minimum Gasteiger partial charge on any atom is -0.292 e. The lowest BCUT2D eigenvalue weighted by atomic mass is 10.8. The van der Waals surface area contributed by atoms with Crippen molar-refractivity contribution in [2.45, 2.75) is 6.92 Å². The van der Waals surface area contributed by atoms with Gasteiger partial charge in [-0.1, -0.05) is 6.08 Å². The summed E-state index contributed by atoms with van der Waals surface area (Å²) < 4.78 is 0. The predicted octanol–water partition coefficient (Wildman–Crippen LogP) is -0.166. The molecular formula is C6H15N3. The Morgan fingerprint density at radius 2 is 1.33 bits per heavy atom. The van der Waals surface area contributed by atoms with Crippen molar-refractivity contribution in [1.29, 1.82) is 0 Å². The van der Waals surface area contributed by atoms with Gasteiger partial charge in [0.2, 0.25) is 0 Å². The first-order valence-electron chi connectivity index (χ1n) is 3.11. The summed E-state index contributed by atoms with van der Waals surface area (Å²) in [5.74, 6) is 0. The van der Waals surface area contributed by atoms with E-state index in [1.165, 1.54) is 0 Å². The van der Waals surface area contributed by atoms with Crippen LogP contribution < -0.4 is 16.0 Å². The van der Waals surface area contributed by atoms with Crippen LogP contribution in [0.15, 0.2) is 12.7 Å². The summed E-state index contributed by atoms with van der Waals surface area (Å²) in [6, 6.07) is 0. The molecule has 9 heavy (non-hydrogen) atoms. The molecule has 1 aliphatic heterocycles. The van der Waals surface area contributed by atoms with Crippen LogP contribution in [0.5, 0.6) is 0 Å². The van der Waals surface area contributed by atoms with Crippen molar-refractivity contribution >= 4 is 0 Å². The van der Waals surface area contributed by atoms with Crippen LogP contribution >= 0.6 is 0 Å². The smallest absolute Gasteiger partial charge is 0.0474 e. The minimum atomic E-state index is 0.938. The standard InChI is InChI=1S/C3H9N3.C3H6/c1-4-2-6-3-5-1;1-3-2/h4-6H,1-3H2;3H,1H2,2H3. The highest BCUT2D eigenvalue weighted by atomic mass is 15.2. The Morgan fingerprint density at radius 1 is 1.11 bits per heavy atom. The summed E-state index contributed by atoms with van der Waals surface area (Å²) in [5.41, 5.74) is 0. The summed E-state index contributed by atoms with van der Waals surface area (Å²) in [4.78, 5) is 0. The molecule has 54 valence electrons. The topological polar surface area (TPSA) is 36.1 Å². The average molecular weight is 129 g/mol. The second-order valence-corrected chi connectivity index (χ2v) is 1.69. The lowest BCUT2D eigenvalue weighted by Crippen LogP contribution is -2.47. The largest absolute Gasteiger partial charge is 0.292 e. The zero-order chi connectivity index (χ0) is 6.95. The van der Waals surface area contributed by atoms with E-state index in [0.29, 0.717) is 0 Å². The maximum atomic E-state index is 3.36. The number of hydrogen-bond acceptors (Lipinski definition) is 3. The van der Waals surface area contributed by atoms with E-state index in [1.807, 2.05) is 6.92 Å². The van der Waals surface area contributed by atoms with Gasteiger partial charge >= 0.3 is 0 Å². The quantitative estimate of drug-likeness (QED) is 0.398. The molecule has 0 aromatic carbocycles. The SMILES string of the molecule is C1NCNCN1.C=CC. The molecule has 0 aromatic heterocycles. The molecule has 1 fully saturated rings. The molecule has 0 atom stereocenters. The van der Waals surface area contributed by atoms with Gasteiger partial charge in [-0.2, -0.15) is 0 Å². The molecule has 3 nitrogen and oxygen atoms in total. The van der Waals surface area contributed by atoms with Crippen molar-refractivity contribution in [3.63, 3.8) is 0 Å². The number of hydrogen-bond donors (Lipinski definition) is 3. The molecule has 0 unspecified atom stereocenters. The van der Waals surface area contributed by atoms with Crippen LogP contribution in [0.3, 0.4) is 0 Å². The van der Waals surface area contributed by atoms with E-state index in [9.17, 15) is 0 Å². The Kier molecular flexibility index (Phi) is 7.30. The van der Waals surface area contributed by atoms with Gasteiger partial charge in [0.15, 0.2) is 0 Å². The molecule has 1 saturated heterocycles. The molecule has 1 aliphatic rings. The third-order valence-corrected chi connectivity index (χ3v) is 0.750. The first kappa shape index (κ1) is 8.62. The Labute approximate surface area is 56.5 Å². The van der Waals surface area contributed by atoms with E-state index >= 15 is 0 Å². The maximum Gasteiger partial charge on any atom is 0.0474 e. The molecule has 1 rings (SSSR count). The third kappa shape index (κ3) is 7.62. The summed E-state index contributed by atoms with van der Waals surface area (Å²) in [7, 11) is 0. The van der Waals surface area contributed by atoms with E-state index in [-0.39, 0.29) is 0 Å². The Bertz CT molecular complexity index is 47.8. The molecule has 3 heteroatoms. The van der Waals surface area contributed by atoms with Gasteiger partial charge in [0.05, 0.1) is 0 Å². The fourth-order valence-corrected chi connectivity index (χ4v) is 0.453. The number of rotatable bonds is 0. The van der Waals surface area contributed by atoms with Crippen molar-refractivity contribution in [3.05, 3.63) is 12.7 Å². The van der Waals surface area contributed by atoms with E-state index in [0.717, 1.165) is 20.0 Å². The van der Waals surface area contributed by atoms with Crippen molar-refractivity contribution in [1.82, 2.24) is 16.0 Å². The van der Waals surface area contributed by atoms with Gasteiger partial charge in [-0.05, 0) is 6.92 Å². The van der Waals surface area contributed by atoms with Crippen LogP contribution in [0.1, 0.15) is 6.92 Å². The van der Waals surface area contributed by atoms with E-state index in [2.05, 4.69) is 22.5 Å². The first-order chi connectivity index (χ1) is 4.41. The van der Waals surface area contributed by atoms with E-state index < -0.39 is 0 Å². The highest BCUT2D eigenvalue weighted by Gasteiger charge is 1.89. The molecular weight excluding hydrogens is 114 g/mol. The van der Waals surface area contributed by atoms with Gasteiger partial charge in [0.25, 0.3) is 0 Å². The molecule has 0 spiro atoms. The number of nitrogens with one attached hydrogen (secondary N) is 3. The molecule has 1 heterocycles. The summed E-state index contributed by atoms with van der Waals surface area (Å²) in [6.07, 6.45) is 1.75. The van der Waals surface area contributed by atoms with Gasteiger partial charge in [-0.3, -0.25) is 16.0 Å².